The summed E-state index contributed by atoms with van der Waals surface area (Å²) in [6.07, 6.45) is 4.10. The number of hydrogen-bond donors (Lipinski definition) is 0. The fourth-order valence-electron chi connectivity index (χ4n) is 1.28. The van der Waals surface area contributed by atoms with Gasteiger partial charge in [-0.1, -0.05) is 62.1 Å². The van der Waals surface area contributed by atoms with Crippen LogP contribution in [-0.2, 0) is 0 Å². The zero-order valence-electron chi connectivity index (χ0n) is 9.11. The molecule has 0 N–H and O–H groups in total. The monoisotopic (exact) mass is 376 g/mol. The van der Waals surface area contributed by atoms with E-state index in [-0.39, 0.29) is 4.83 Å². The zero-order valence-corrected chi connectivity index (χ0v) is 13.8. The highest BCUT2D eigenvalue weighted by Gasteiger charge is 2.14. The van der Waals surface area contributed by atoms with Crippen LogP contribution in [0.25, 0.3) is 0 Å². The molecule has 0 fully saturated rings. The van der Waals surface area contributed by atoms with Crippen LogP contribution in [0.1, 0.15) is 20.8 Å². The number of allylic oxidation sites excluding steroid dienone is 4. The summed E-state index contributed by atoms with van der Waals surface area (Å²) in [7, 11) is 0. The number of rotatable bonds is 5. The first kappa shape index (κ1) is 16.0. The van der Waals surface area contributed by atoms with Gasteiger partial charge in [-0.25, -0.2) is 0 Å². The summed E-state index contributed by atoms with van der Waals surface area (Å²) < 4.78 is 0. The van der Waals surface area contributed by atoms with Crippen LogP contribution in [0.2, 0.25) is 0 Å². The highest BCUT2D eigenvalue weighted by Crippen LogP contribution is 2.25. The van der Waals surface area contributed by atoms with Gasteiger partial charge < -0.3 is 0 Å². The van der Waals surface area contributed by atoms with E-state index in [0.717, 1.165) is 10.9 Å². The van der Waals surface area contributed by atoms with Crippen molar-refractivity contribution in [1.82, 2.24) is 0 Å². The number of halogens is 4. The maximum Gasteiger partial charge on any atom is 0.126 e. The van der Waals surface area contributed by atoms with Gasteiger partial charge in [0.15, 0.2) is 0 Å². The molecule has 0 bridgehead atoms. The van der Waals surface area contributed by atoms with E-state index in [0.29, 0.717) is 5.92 Å². The van der Waals surface area contributed by atoms with Crippen LogP contribution in [0.4, 0.5) is 0 Å². The third kappa shape index (κ3) is 7.04. The molecule has 0 aliphatic rings. The Labute approximate surface area is 119 Å². The van der Waals surface area contributed by atoms with Crippen molar-refractivity contribution in [2.45, 2.75) is 30.4 Å². The highest BCUT2D eigenvalue weighted by molar-refractivity contribution is 9.09. The van der Waals surface area contributed by atoms with Crippen molar-refractivity contribution in [2.75, 3.05) is 5.33 Å². The Morgan fingerprint density at radius 3 is 2.20 bits per heavy atom. The van der Waals surface area contributed by atoms with Crippen LogP contribution in [0.5, 0.6) is 0 Å². The van der Waals surface area contributed by atoms with E-state index in [4.69, 9.17) is 23.2 Å². The van der Waals surface area contributed by atoms with Crippen molar-refractivity contribution < 1.29 is 0 Å². The average molecular weight is 379 g/mol. The van der Waals surface area contributed by atoms with Gasteiger partial charge in [-0.05, 0) is 19.8 Å². The zero-order chi connectivity index (χ0) is 12.0. The maximum absolute atomic E-state index is 5.70. The Kier molecular flexibility index (Phi) is 8.72. The SMILES string of the molecule is C/C(=C\[C@@H](C)[C@H](Br)/C(C)=C/C(Cl)Cl)CBr. The molecule has 0 rings (SSSR count). The van der Waals surface area contributed by atoms with Crippen molar-refractivity contribution in [3.05, 3.63) is 23.3 Å². The molecule has 0 nitrogen and oxygen atoms in total. The van der Waals surface area contributed by atoms with Crippen molar-refractivity contribution in [3.8, 4) is 0 Å². The van der Waals surface area contributed by atoms with E-state index in [2.05, 4.69) is 51.8 Å². The number of alkyl halides is 4. The summed E-state index contributed by atoms with van der Waals surface area (Å²) in [6.45, 7) is 6.31. The highest BCUT2D eigenvalue weighted by atomic mass is 79.9. The molecule has 0 aromatic heterocycles. The molecule has 0 spiro atoms. The molecule has 0 saturated heterocycles. The first-order valence-electron chi connectivity index (χ1n) is 4.72. The Bertz CT molecular complexity index is 247. The van der Waals surface area contributed by atoms with Crippen LogP contribution in [0.3, 0.4) is 0 Å². The molecular weight excluding hydrogens is 363 g/mol. The fourth-order valence-corrected chi connectivity index (χ4v) is 2.17. The van der Waals surface area contributed by atoms with Crippen LogP contribution < -0.4 is 0 Å². The van der Waals surface area contributed by atoms with Gasteiger partial charge in [-0.2, -0.15) is 0 Å². The molecule has 0 amide bonds. The minimum absolute atomic E-state index is 0.284. The Morgan fingerprint density at radius 2 is 1.80 bits per heavy atom. The molecule has 88 valence electrons. The predicted molar refractivity (Wildman–Crippen MR) is 78.7 cm³/mol. The predicted octanol–water partition coefficient (Wildman–Crippen LogP) is 5.48. The molecule has 0 aliphatic heterocycles. The third-order valence-corrected chi connectivity index (χ3v) is 4.74. The molecule has 15 heavy (non-hydrogen) atoms. The first-order valence-corrected chi connectivity index (χ1v) is 7.63. The number of hydrogen-bond acceptors (Lipinski definition) is 0. The molecule has 0 aliphatic carbocycles. The molecule has 0 unspecified atom stereocenters. The van der Waals surface area contributed by atoms with E-state index in [1.54, 1.807) is 0 Å². The molecule has 4 heteroatoms. The topological polar surface area (TPSA) is 0 Å². The normalized spacial score (nSPS) is 18.1. The summed E-state index contributed by atoms with van der Waals surface area (Å²) in [5, 5.41) is 0.910. The smallest absolute Gasteiger partial charge is 0.101 e. The largest absolute Gasteiger partial charge is 0.126 e. The van der Waals surface area contributed by atoms with Crippen LogP contribution >= 0.6 is 55.1 Å². The van der Waals surface area contributed by atoms with Crippen LogP contribution in [0.15, 0.2) is 23.3 Å². The molecule has 2 atom stereocenters. The summed E-state index contributed by atoms with van der Waals surface area (Å²) in [5.41, 5.74) is 2.49. The van der Waals surface area contributed by atoms with Crippen molar-refractivity contribution in [2.24, 2.45) is 5.92 Å². The van der Waals surface area contributed by atoms with Crippen LogP contribution in [-0.4, -0.2) is 15.0 Å². The van der Waals surface area contributed by atoms with Crippen molar-refractivity contribution in [1.29, 1.82) is 0 Å². The molecule has 0 heterocycles. The fraction of sp³-hybridized carbons (Fsp3) is 0.636. The lowest BCUT2D eigenvalue weighted by atomic mass is 10.00. The summed E-state index contributed by atoms with van der Waals surface area (Å²) in [4.78, 5) is -0.148. The lowest BCUT2D eigenvalue weighted by Gasteiger charge is -2.17. The second-order valence-electron chi connectivity index (χ2n) is 3.65. The molecule has 0 radical (unpaired) electrons. The first-order chi connectivity index (χ1) is 6.88. The molecule has 0 aromatic rings. The van der Waals surface area contributed by atoms with Gasteiger partial charge in [0.05, 0.1) is 0 Å². The van der Waals surface area contributed by atoms with E-state index < -0.39 is 4.84 Å². The second kappa shape index (κ2) is 8.16. The van der Waals surface area contributed by atoms with Crippen molar-refractivity contribution >= 4 is 55.1 Å². The van der Waals surface area contributed by atoms with Gasteiger partial charge in [0.25, 0.3) is 0 Å². The molecule has 0 saturated carbocycles. The lowest BCUT2D eigenvalue weighted by molar-refractivity contribution is 0.736. The van der Waals surface area contributed by atoms with Gasteiger partial charge in [0.1, 0.15) is 4.84 Å². The van der Waals surface area contributed by atoms with Gasteiger partial charge >= 0.3 is 0 Å². The Balaban J connectivity index is 4.51. The van der Waals surface area contributed by atoms with E-state index in [1.165, 1.54) is 5.57 Å². The van der Waals surface area contributed by atoms with E-state index >= 15 is 0 Å². The summed E-state index contributed by atoms with van der Waals surface area (Å²) in [5.74, 6) is 0.422. The molecular formula is C11H16Br2Cl2. The van der Waals surface area contributed by atoms with E-state index in [1.807, 2.05) is 13.0 Å². The van der Waals surface area contributed by atoms with Crippen molar-refractivity contribution in [3.63, 3.8) is 0 Å². The summed E-state index contributed by atoms with van der Waals surface area (Å²) >= 11 is 18.5. The minimum Gasteiger partial charge on any atom is -0.101 e. The van der Waals surface area contributed by atoms with Gasteiger partial charge in [-0.3, -0.25) is 0 Å². The van der Waals surface area contributed by atoms with E-state index in [9.17, 15) is 0 Å². The standard InChI is InChI=1S/C11H16Br2Cl2/c1-7(6-12)4-8(2)11(13)9(3)5-10(14)15/h4-5,8,10-11H,6H2,1-3H3/b7-4+,9-5+/t8-,11+/m1/s1. The quantitative estimate of drug-likeness (QED) is 0.439. The summed E-state index contributed by atoms with van der Waals surface area (Å²) in [6, 6.07) is 0. The maximum atomic E-state index is 5.70. The third-order valence-electron chi connectivity index (χ3n) is 2.04. The Morgan fingerprint density at radius 1 is 1.27 bits per heavy atom. The molecule has 0 aromatic carbocycles. The van der Waals surface area contributed by atoms with Gasteiger partial charge in [0.2, 0.25) is 0 Å². The van der Waals surface area contributed by atoms with Gasteiger partial charge in [0, 0.05) is 10.2 Å². The Hall–Kier alpha value is 1.02. The second-order valence-corrected chi connectivity index (χ2v) is 6.36. The van der Waals surface area contributed by atoms with Crippen LogP contribution in [0, 0.1) is 5.92 Å². The van der Waals surface area contributed by atoms with Gasteiger partial charge in [-0.15, -0.1) is 23.2 Å². The average Bonchev–Trinajstić information content (AvgIpc) is 2.15. The lowest BCUT2D eigenvalue weighted by Crippen LogP contribution is -2.11. The minimum atomic E-state index is -0.432.